The van der Waals surface area contributed by atoms with Crippen LogP contribution >= 0.6 is 0 Å². The highest BCUT2D eigenvalue weighted by molar-refractivity contribution is 5.95. The minimum Gasteiger partial charge on any atom is -0.490 e. The number of alkyl halides is 6. The van der Waals surface area contributed by atoms with E-state index in [2.05, 4.69) is 15.7 Å². The van der Waals surface area contributed by atoms with Gasteiger partial charge < -0.3 is 24.6 Å². The van der Waals surface area contributed by atoms with E-state index in [0.29, 0.717) is 31.9 Å². The summed E-state index contributed by atoms with van der Waals surface area (Å²) in [6, 6.07) is 0.759. The number of nitrogens with zero attached hydrogens (tertiary/aromatic N) is 3. The molecule has 0 spiro atoms. The summed E-state index contributed by atoms with van der Waals surface area (Å²) in [6.07, 6.45) is -8.03. The molecule has 0 aromatic carbocycles. The lowest BCUT2D eigenvalue weighted by molar-refractivity contribution is -0.138. The van der Waals surface area contributed by atoms with Crippen LogP contribution in [0.15, 0.2) is 23.5 Å². The number of hydrazine groups is 1. The zero-order valence-electron chi connectivity index (χ0n) is 20.0. The Balaban J connectivity index is 1.23. The molecule has 1 aromatic heterocycles. The maximum Gasteiger partial charge on any atom is 0.423 e. The van der Waals surface area contributed by atoms with Gasteiger partial charge in [-0.1, -0.05) is 0 Å². The van der Waals surface area contributed by atoms with Gasteiger partial charge in [0, 0.05) is 44.5 Å². The number of carbonyl (C=O) groups is 2. The third kappa shape index (κ3) is 6.40. The van der Waals surface area contributed by atoms with Crippen molar-refractivity contribution in [2.24, 2.45) is 0 Å². The molecule has 16 heteroatoms. The van der Waals surface area contributed by atoms with Crippen molar-refractivity contribution in [3.05, 3.63) is 29.1 Å². The predicted octanol–water partition coefficient (Wildman–Crippen LogP) is 1.35. The van der Waals surface area contributed by atoms with Gasteiger partial charge in [0.1, 0.15) is 5.57 Å². The molecule has 10 nitrogen and oxygen atoms in total. The maximum atomic E-state index is 13.1. The number of piperazine rings is 1. The Labute approximate surface area is 213 Å². The van der Waals surface area contributed by atoms with E-state index in [1.54, 1.807) is 4.90 Å². The average Bonchev–Trinajstić information content (AvgIpc) is 3.03. The van der Waals surface area contributed by atoms with Gasteiger partial charge in [-0.3, -0.25) is 15.0 Å². The molecule has 1 unspecified atom stereocenters. The molecular weight excluding hydrogens is 526 g/mol. The minimum atomic E-state index is -4.81. The van der Waals surface area contributed by atoms with Crippen LogP contribution in [0.2, 0.25) is 0 Å². The second-order valence-corrected chi connectivity index (χ2v) is 8.82. The topological polar surface area (TPSA) is 108 Å². The van der Waals surface area contributed by atoms with E-state index in [1.165, 1.54) is 0 Å². The second-order valence-electron chi connectivity index (χ2n) is 8.82. The molecule has 3 aliphatic heterocycles. The van der Waals surface area contributed by atoms with Gasteiger partial charge in [0.2, 0.25) is 5.91 Å². The van der Waals surface area contributed by atoms with Crippen LogP contribution in [0.5, 0.6) is 5.75 Å². The molecule has 0 aliphatic carbocycles. The van der Waals surface area contributed by atoms with Gasteiger partial charge in [-0.15, -0.1) is 0 Å². The predicted molar refractivity (Wildman–Crippen MR) is 120 cm³/mol. The molecule has 2 amide bonds. The molecule has 1 saturated heterocycles. The minimum absolute atomic E-state index is 0.00126. The van der Waals surface area contributed by atoms with Crippen molar-refractivity contribution in [2.45, 2.75) is 31.2 Å². The Morgan fingerprint density at radius 1 is 1.18 bits per heavy atom. The Morgan fingerprint density at radius 3 is 2.71 bits per heavy atom. The van der Waals surface area contributed by atoms with Gasteiger partial charge in [-0.25, -0.2) is 10.4 Å². The molecule has 0 saturated carbocycles. The highest BCUT2D eigenvalue weighted by Gasteiger charge is 2.43. The van der Waals surface area contributed by atoms with Crippen molar-refractivity contribution in [1.29, 1.82) is 0 Å². The standard InChI is InChI=1S/C22H26F6N6O4/c23-21(24,25)13-9-16-19(30-10-13)34-5-4-33(12-14(34)1-7-38-16)17(35)2-6-37-8-3-29-15-11-31-32-20(36)18(15)22(26,27)28/h9-10,14,29,31H,1-8,11-12H2,(H,32,36). The first kappa shape index (κ1) is 27.8. The number of nitrogens with one attached hydrogen (secondary N) is 3. The van der Waals surface area contributed by atoms with Gasteiger partial charge in [0.25, 0.3) is 5.91 Å². The van der Waals surface area contributed by atoms with E-state index < -0.39 is 29.4 Å². The van der Waals surface area contributed by atoms with Crippen LogP contribution < -0.4 is 25.8 Å². The van der Waals surface area contributed by atoms with E-state index in [9.17, 15) is 35.9 Å². The fraction of sp³-hybridized carbons (Fsp3) is 0.591. The van der Waals surface area contributed by atoms with Crippen molar-refractivity contribution in [3.63, 3.8) is 0 Å². The Hall–Kier alpha value is -3.27. The summed E-state index contributed by atoms with van der Waals surface area (Å²) >= 11 is 0. The van der Waals surface area contributed by atoms with Crippen molar-refractivity contribution in [3.8, 4) is 5.75 Å². The maximum absolute atomic E-state index is 13.1. The number of ether oxygens (including phenoxy) is 2. The van der Waals surface area contributed by atoms with Crippen molar-refractivity contribution in [1.82, 2.24) is 26.1 Å². The van der Waals surface area contributed by atoms with Crippen LogP contribution in [-0.2, 0) is 20.5 Å². The summed E-state index contributed by atoms with van der Waals surface area (Å²) in [5.41, 5.74) is 1.79. The summed E-state index contributed by atoms with van der Waals surface area (Å²) in [7, 11) is 0. The summed E-state index contributed by atoms with van der Waals surface area (Å²) < 4.78 is 89.2. The number of hydrogen-bond donors (Lipinski definition) is 3. The van der Waals surface area contributed by atoms with Crippen LogP contribution in [0.25, 0.3) is 0 Å². The van der Waals surface area contributed by atoms with Crippen LogP contribution in [0, 0.1) is 0 Å². The fourth-order valence-corrected chi connectivity index (χ4v) is 4.47. The van der Waals surface area contributed by atoms with Crippen molar-refractivity contribution < 1.29 is 45.4 Å². The van der Waals surface area contributed by atoms with Gasteiger partial charge >= 0.3 is 12.4 Å². The lowest BCUT2D eigenvalue weighted by atomic mass is 10.1. The molecule has 0 bridgehead atoms. The zero-order valence-corrected chi connectivity index (χ0v) is 20.0. The largest absolute Gasteiger partial charge is 0.490 e. The number of anilines is 1. The number of rotatable bonds is 7. The Morgan fingerprint density at radius 2 is 1.97 bits per heavy atom. The lowest BCUT2D eigenvalue weighted by Gasteiger charge is -2.41. The van der Waals surface area contributed by atoms with E-state index in [0.717, 1.165) is 12.3 Å². The van der Waals surface area contributed by atoms with Crippen molar-refractivity contribution in [2.75, 3.05) is 57.4 Å². The quantitative estimate of drug-likeness (QED) is 0.344. The van der Waals surface area contributed by atoms with E-state index in [4.69, 9.17) is 9.47 Å². The van der Waals surface area contributed by atoms with Gasteiger partial charge in [0.05, 0.1) is 44.4 Å². The number of halogens is 6. The number of hydrogen-bond acceptors (Lipinski definition) is 8. The van der Waals surface area contributed by atoms with Crippen LogP contribution in [0.3, 0.4) is 0 Å². The third-order valence-corrected chi connectivity index (χ3v) is 6.30. The first-order valence-corrected chi connectivity index (χ1v) is 11.8. The fourth-order valence-electron chi connectivity index (χ4n) is 4.47. The monoisotopic (exact) mass is 552 g/mol. The third-order valence-electron chi connectivity index (χ3n) is 6.30. The molecule has 3 aliphatic rings. The average molecular weight is 552 g/mol. The van der Waals surface area contributed by atoms with Gasteiger partial charge in [-0.05, 0) is 6.07 Å². The molecule has 1 fully saturated rings. The van der Waals surface area contributed by atoms with Gasteiger partial charge in [-0.2, -0.15) is 26.3 Å². The number of amides is 2. The number of fused-ring (bicyclic) bond motifs is 3. The molecular formula is C22H26F6N6O4. The van der Waals surface area contributed by atoms with E-state index >= 15 is 0 Å². The molecule has 3 N–H and O–H groups in total. The number of aromatic nitrogens is 1. The summed E-state index contributed by atoms with van der Waals surface area (Å²) in [5.74, 6) is -1.08. The van der Waals surface area contributed by atoms with Crippen LogP contribution in [0.4, 0.5) is 32.2 Å². The number of pyridine rings is 1. The first-order chi connectivity index (χ1) is 17.9. The number of carbonyl (C=O) groups excluding carboxylic acids is 2. The smallest absolute Gasteiger partial charge is 0.423 e. The van der Waals surface area contributed by atoms with Crippen LogP contribution in [-0.4, -0.2) is 86.5 Å². The molecule has 38 heavy (non-hydrogen) atoms. The zero-order chi connectivity index (χ0) is 27.5. The first-order valence-electron chi connectivity index (χ1n) is 11.8. The molecule has 4 heterocycles. The summed E-state index contributed by atoms with van der Waals surface area (Å²) in [6.45, 7) is 1.07. The Bertz CT molecular complexity index is 1080. The van der Waals surface area contributed by atoms with E-state index in [1.807, 2.05) is 10.3 Å². The molecule has 4 rings (SSSR count). The normalized spacial score (nSPS) is 20.3. The lowest BCUT2D eigenvalue weighted by Crippen LogP contribution is -2.55. The van der Waals surface area contributed by atoms with Crippen LogP contribution in [0.1, 0.15) is 18.4 Å². The highest BCUT2D eigenvalue weighted by Crippen LogP contribution is 2.38. The van der Waals surface area contributed by atoms with E-state index in [-0.39, 0.29) is 62.7 Å². The summed E-state index contributed by atoms with van der Waals surface area (Å²) in [4.78, 5) is 31.7. The summed E-state index contributed by atoms with van der Waals surface area (Å²) in [5, 5.41) is 2.55. The molecule has 1 atom stereocenters. The second kappa shape index (κ2) is 11.2. The SMILES string of the molecule is O=C1NNCC(NCCOCCC(=O)N2CCN3c4ncc(C(F)(F)F)cc4OCCC3C2)=C1C(F)(F)F. The molecule has 0 radical (unpaired) electrons. The Kier molecular flexibility index (Phi) is 8.20. The van der Waals surface area contributed by atoms with Gasteiger partial charge in [0.15, 0.2) is 11.6 Å². The molecule has 1 aromatic rings. The highest BCUT2D eigenvalue weighted by atomic mass is 19.4. The van der Waals surface area contributed by atoms with Crippen molar-refractivity contribution >= 4 is 17.6 Å². The molecule has 210 valence electrons.